The van der Waals surface area contributed by atoms with E-state index in [1.165, 1.54) is 6.92 Å². The molecule has 0 saturated carbocycles. The Morgan fingerprint density at radius 2 is 1.88 bits per heavy atom. The summed E-state index contributed by atoms with van der Waals surface area (Å²) in [5.41, 5.74) is -0.0471. The first-order valence-electron chi connectivity index (χ1n) is 10.3. The third-order valence-electron chi connectivity index (χ3n) is 4.89. The van der Waals surface area contributed by atoms with Crippen LogP contribution in [-0.4, -0.2) is 52.9 Å². The molecule has 2 aromatic rings. The SMILES string of the molecule is CC(=O)NCCNc1nc(Nc2cccc(C(=O)N3CCCCC3)c2)ncc1C(F)(F)F. The van der Waals surface area contributed by atoms with E-state index < -0.39 is 17.6 Å². The van der Waals surface area contributed by atoms with E-state index in [1.54, 1.807) is 29.2 Å². The van der Waals surface area contributed by atoms with Crippen molar-refractivity contribution >= 4 is 29.3 Å². The molecule has 1 aliphatic heterocycles. The van der Waals surface area contributed by atoms with Crippen molar-refractivity contribution in [2.75, 3.05) is 36.8 Å². The standard InChI is InChI=1S/C21H25F3N6O2/c1-14(31)25-8-9-26-18-17(21(22,23)24)13-27-20(29-18)28-16-7-5-6-15(12-16)19(32)30-10-3-2-4-11-30/h5-7,12-13H,2-4,8-11H2,1H3,(H,25,31)(H2,26,27,28,29). The number of alkyl halides is 3. The molecule has 1 fully saturated rings. The van der Waals surface area contributed by atoms with Gasteiger partial charge in [-0.3, -0.25) is 9.59 Å². The molecule has 0 spiro atoms. The van der Waals surface area contributed by atoms with Crippen molar-refractivity contribution in [1.29, 1.82) is 0 Å². The first kappa shape index (κ1) is 23.3. The number of anilines is 3. The number of carbonyl (C=O) groups excluding carboxylic acids is 2. The fourth-order valence-electron chi connectivity index (χ4n) is 3.34. The van der Waals surface area contributed by atoms with Gasteiger partial charge in [-0.2, -0.15) is 18.2 Å². The van der Waals surface area contributed by atoms with Gasteiger partial charge in [0, 0.05) is 50.6 Å². The lowest BCUT2D eigenvalue weighted by Gasteiger charge is -2.26. The molecule has 3 rings (SSSR count). The minimum absolute atomic E-state index is 0.0531. The first-order valence-corrected chi connectivity index (χ1v) is 10.3. The number of likely N-dealkylation sites (tertiary alicyclic amines) is 1. The van der Waals surface area contributed by atoms with Crippen LogP contribution in [0.3, 0.4) is 0 Å². The summed E-state index contributed by atoms with van der Waals surface area (Å²) in [6, 6.07) is 6.70. The van der Waals surface area contributed by atoms with Gasteiger partial charge >= 0.3 is 6.18 Å². The zero-order chi connectivity index (χ0) is 23.1. The lowest BCUT2D eigenvalue weighted by molar-refractivity contribution is -0.137. The summed E-state index contributed by atoms with van der Waals surface area (Å²) >= 11 is 0. The van der Waals surface area contributed by atoms with Gasteiger partial charge in [0.05, 0.1) is 0 Å². The van der Waals surface area contributed by atoms with Crippen molar-refractivity contribution < 1.29 is 22.8 Å². The summed E-state index contributed by atoms with van der Waals surface area (Å²) in [6.45, 7) is 2.94. The number of carbonyl (C=O) groups is 2. The number of nitrogens with zero attached hydrogens (tertiary/aromatic N) is 3. The molecule has 172 valence electrons. The van der Waals surface area contributed by atoms with E-state index in [-0.39, 0.29) is 30.9 Å². The van der Waals surface area contributed by atoms with Crippen LogP contribution in [0, 0.1) is 0 Å². The lowest BCUT2D eigenvalue weighted by Crippen LogP contribution is -2.35. The fourth-order valence-corrected chi connectivity index (χ4v) is 3.34. The number of nitrogens with one attached hydrogen (secondary N) is 3. The van der Waals surface area contributed by atoms with Crippen LogP contribution in [0.25, 0.3) is 0 Å². The monoisotopic (exact) mass is 450 g/mol. The Kier molecular flexibility index (Phi) is 7.49. The average Bonchev–Trinajstić information content (AvgIpc) is 2.76. The van der Waals surface area contributed by atoms with Crippen LogP contribution in [0.15, 0.2) is 30.5 Å². The lowest BCUT2D eigenvalue weighted by atomic mass is 10.1. The van der Waals surface area contributed by atoms with E-state index in [2.05, 4.69) is 25.9 Å². The minimum atomic E-state index is -4.64. The molecule has 0 radical (unpaired) electrons. The molecule has 0 atom stereocenters. The zero-order valence-electron chi connectivity index (χ0n) is 17.6. The highest BCUT2D eigenvalue weighted by Crippen LogP contribution is 2.34. The van der Waals surface area contributed by atoms with Crippen molar-refractivity contribution in [3.8, 4) is 0 Å². The smallest absolute Gasteiger partial charge is 0.368 e. The molecular formula is C21H25F3N6O2. The second-order valence-corrected chi connectivity index (χ2v) is 7.42. The molecule has 32 heavy (non-hydrogen) atoms. The summed E-state index contributed by atoms with van der Waals surface area (Å²) in [5.74, 6) is -0.822. The van der Waals surface area contributed by atoms with E-state index in [0.29, 0.717) is 30.5 Å². The average molecular weight is 450 g/mol. The maximum Gasteiger partial charge on any atom is 0.421 e. The van der Waals surface area contributed by atoms with Gasteiger partial charge in [0.15, 0.2) is 0 Å². The van der Waals surface area contributed by atoms with Crippen LogP contribution in [-0.2, 0) is 11.0 Å². The highest BCUT2D eigenvalue weighted by atomic mass is 19.4. The van der Waals surface area contributed by atoms with Gasteiger partial charge in [-0.25, -0.2) is 4.98 Å². The Morgan fingerprint density at radius 3 is 2.56 bits per heavy atom. The molecule has 0 unspecified atom stereocenters. The third kappa shape index (κ3) is 6.32. The summed E-state index contributed by atoms with van der Waals surface area (Å²) in [4.78, 5) is 33.2. The number of amides is 2. The number of hydrogen-bond donors (Lipinski definition) is 3. The van der Waals surface area contributed by atoms with Gasteiger partial charge in [0.1, 0.15) is 11.4 Å². The Labute approximate surface area is 183 Å². The maximum atomic E-state index is 13.3. The van der Waals surface area contributed by atoms with Crippen LogP contribution in [0.5, 0.6) is 0 Å². The topological polar surface area (TPSA) is 99.2 Å². The third-order valence-corrected chi connectivity index (χ3v) is 4.89. The number of piperidine rings is 1. The summed E-state index contributed by atoms with van der Waals surface area (Å²) in [6.07, 6.45) is -0.895. The summed E-state index contributed by atoms with van der Waals surface area (Å²) < 4.78 is 39.9. The molecular weight excluding hydrogens is 425 g/mol. The van der Waals surface area contributed by atoms with Crippen LogP contribution in [0.4, 0.5) is 30.6 Å². The fraction of sp³-hybridized carbons (Fsp3) is 0.429. The number of benzene rings is 1. The summed E-state index contributed by atoms with van der Waals surface area (Å²) in [5, 5.41) is 7.94. The number of halogens is 3. The molecule has 2 amide bonds. The molecule has 3 N–H and O–H groups in total. The molecule has 11 heteroatoms. The van der Waals surface area contributed by atoms with E-state index >= 15 is 0 Å². The molecule has 1 aromatic carbocycles. The highest BCUT2D eigenvalue weighted by molar-refractivity contribution is 5.95. The van der Waals surface area contributed by atoms with Gasteiger partial charge in [-0.15, -0.1) is 0 Å². The van der Waals surface area contributed by atoms with Gasteiger partial charge in [-0.1, -0.05) is 6.07 Å². The van der Waals surface area contributed by atoms with Crippen molar-refractivity contribution in [3.63, 3.8) is 0 Å². The van der Waals surface area contributed by atoms with Gasteiger partial charge in [0.2, 0.25) is 11.9 Å². The van der Waals surface area contributed by atoms with Crippen LogP contribution in [0.1, 0.15) is 42.1 Å². The molecule has 1 saturated heterocycles. The molecule has 2 heterocycles. The van der Waals surface area contributed by atoms with E-state index in [4.69, 9.17) is 0 Å². The van der Waals surface area contributed by atoms with Crippen molar-refractivity contribution in [3.05, 3.63) is 41.6 Å². The van der Waals surface area contributed by atoms with E-state index in [0.717, 1.165) is 19.3 Å². The van der Waals surface area contributed by atoms with Crippen molar-refractivity contribution in [2.45, 2.75) is 32.4 Å². The molecule has 1 aliphatic rings. The normalized spacial score (nSPS) is 14.1. The predicted molar refractivity (Wildman–Crippen MR) is 114 cm³/mol. The zero-order valence-corrected chi connectivity index (χ0v) is 17.6. The predicted octanol–water partition coefficient (Wildman–Crippen LogP) is 3.41. The second-order valence-electron chi connectivity index (χ2n) is 7.42. The van der Waals surface area contributed by atoms with Gasteiger partial charge < -0.3 is 20.9 Å². The molecule has 0 bridgehead atoms. The Bertz CT molecular complexity index is 961. The van der Waals surface area contributed by atoms with Crippen molar-refractivity contribution in [2.24, 2.45) is 0 Å². The van der Waals surface area contributed by atoms with E-state index in [1.807, 2.05) is 0 Å². The quantitative estimate of drug-likeness (QED) is 0.559. The number of rotatable bonds is 7. The Balaban J connectivity index is 1.75. The van der Waals surface area contributed by atoms with Gasteiger partial charge in [-0.05, 0) is 37.5 Å². The molecule has 0 aliphatic carbocycles. The Hall–Kier alpha value is -3.37. The molecule has 8 nitrogen and oxygen atoms in total. The van der Waals surface area contributed by atoms with E-state index in [9.17, 15) is 22.8 Å². The number of hydrogen-bond acceptors (Lipinski definition) is 6. The minimum Gasteiger partial charge on any atom is -0.368 e. The maximum absolute atomic E-state index is 13.3. The summed E-state index contributed by atoms with van der Waals surface area (Å²) in [7, 11) is 0. The largest absolute Gasteiger partial charge is 0.421 e. The number of aromatic nitrogens is 2. The van der Waals surface area contributed by atoms with Crippen LogP contribution in [0.2, 0.25) is 0 Å². The first-order chi connectivity index (χ1) is 15.2. The highest BCUT2D eigenvalue weighted by Gasteiger charge is 2.35. The second kappa shape index (κ2) is 10.3. The van der Waals surface area contributed by atoms with Crippen LogP contribution < -0.4 is 16.0 Å². The molecule has 1 aromatic heterocycles. The van der Waals surface area contributed by atoms with Crippen LogP contribution >= 0.6 is 0 Å². The Morgan fingerprint density at radius 1 is 1.12 bits per heavy atom. The van der Waals surface area contributed by atoms with Gasteiger partial charge in [0.25, 0.3) is 5.91 Å². The van der Waals surface area contributed by atoms with Crippen molar-refractivity contribution in [1.82, 2.24) is 20.2 Å².